The Morgan fingerprint density at radius 2 is 2.19 bits per heavy atom. The van der Waals surface area contributed by atoms with Gasteiger partial charge in [-0.15, -0.1) is 6.58 Å². The SMILES string of the molecule is C=CCC(=O)N1CCc2onc(-c3ccc(Cl)cc3)c2C1. The molecule has 3 rings (SSSR count). The van der Waals surface area contributed by atoms with Crippen molar-refractivity contribution >= 4 is 17.5 Å². The first-order chi connectivity index (χ1) is 10.2. The van der Waals surface area contributed by atoms with E-state index in [0.717, 1.165) is 22.6 Å². The third-order valence-corrected chi connectivity index (χ3v) is 3.87. The van der Waals surface area contributed by atoms with Crippen molar-refractivity contribution in [2.75, 3.05) is 6.54 Å². The summed E-state index contributed by atoms with van der Waals surface area (Å²) in [5.74, 6) is 0.946. The largest absolute Gasteiger partial charge is 0.360 e. The number of hydrogen-bond acceptors (Lipinski definition) is 3. The fraction of sp³-hybridized carbons (Fsp3) is 0.250. The number of aromatic nitrogens is 1. The maximum absolute atomic E-state index is 12.0. The van der Waals surface area contributed by atoms with Gasteiger partial charge in [-0.3, -0.25) is 4.79 Å². The molecule has 1 amide bonds. The average Bonchev–Trinajstić information content (AvgIpc) is 2.91. The number of halogens is 1. The number of benzene rings is 1. The van der Waals surface area contributed by atoms with Crippen LogP contribution < -0.4 is 0 Å². The molecule has 0 bridgehead atoms. The van der Waals surface area contributed by atoms with Crippen LogP contribution >= 0.6 is 11.6 Å². The zero-order valence-electron chi connectivity index (χ0n) is 11.5. The second-order valence-electron chi connectivity index (χ2n) is 5.00. The molecule has 1 aromatic carbocycles. The number of hydrogen-bond donors (Lipinski definition) is 0. The van der Waals surface area contributed by atoms with E-state index in [1.165, 1.54) is 0 Å². The predicted octanol–water partition coefficient (Wildman–Crippen LogP) is 3.46. The molecule has 5 heteroatoms. The van der Waals surface area contributed by atoms with E-state index in [9.17, 15) is 4.79 Å². The monoisotopic (exact) mass is 302 g/mol. The highest BCUT2D eigenvalue weighted by Crippen LogP contribution is 2.30. The normalized spacial score (nSPS) is 13.9. The molecule has 0 saturated heterocycles. The third-order valence-electron chi connectivity index (χ3n) is 3.62. The van der Waals surface area contributed by atoms with E-state index < -0.39 is 0 Å². The minimum Gasteiger partial charge on any atom is -0.360 e. The summed E-state index contributed by atoms with van der Waals surface area (Å²) in [4.78, 5) is 13.8. The van der Waals surface area contributed by atoms with Crippen LogP contribution in [-0.2, 0) is 17.8 Å². The lowest BCUT2D eigenvalue weighted by Gasteiger charge is -2.26. The Hall–Kier alpha value is -2.07. The van der Waals surface area contributed by atoms with Crippen molar-refractivity contribution in [1.82, 2.24) is 10.1 Å². The Morgan fingerprint density at radius 1 is 1.43 bits per heavy atom. The second-order valence-corrected chi connectivity index (χ2v) is 5.43. The Balaban J connectivity index is 1.90. The van der Waals surface area contributed by atoms with Crippen molar-refractivity contribution < 1.29 is 9.32 Å². The highest BCUT2D eigenvalue weighted by Gasteiger charge is 2.26. The molecule has 0 atom stereocenters. The fourth-order valence-electron chi connectivity index (χ4n) is 2.51. The molecular formula is C16H15ClN2O2. The van der Waals surface area contributed by atoms with Crippen LogP contribution in [0.2, 0.25) is 5.02 Å². The van der Waals surface area contributed by atoms with Crippen LogP contribution in [0.4, 0.5) is 0 Å². The van der Waals surface area contributed by atoms with Gasteiger partial charge in [0.15, 0.2) is 0 Å². The van der Waals surface area contributed by atoms with Gasteiger partial charge in [0.05, 0.1) is 6.54 Å². The van der Waals surface area contributed by atoms with E-state index in [1.807, 2.05) is 29.2 Å². The number of carbonyl (C=O) groups is 1. The molecule has 1 aliphatic rings. The van der Waals surface area contributed by atoms with Gasteiger partial charge in [0.2, 0.25) is 5.91 Å². The molecule has 0 N–H and O–H groups in total. The van der Waals surface area contributed by atoms with Crippen molar-refractivity contribution in [2.45, 2.75) is 19.4 Å². The van der Waals surface area contributed by atoms with Crippen molar-refractivity contribution in [3.63, 3.8) is 0 Å². The number of rotatable bonds is 3. The number of nitrogens with zero attached hydrogens (tertiary/aromatic N) is 2. The van der Waals surface area contributed by atoms with Gasteiger partial charge in [-0.05, 0) is 12.1 Å². The van der Waals surface area contributed by atoms with Crippen molar-refractivity contribution in [1.29, 1.82) is 0 Å². The third kappa shape index (κ3) is 2.72. The minimum absolute atomic E-state index is 0.0823. The summed E-state index contributed by atoms with van der Waals surface area (Å²) < 4.78 is 5.42. The summed E-state index contributed by atoms with van der Waals surface area (Å²) >= 11 is 5.91. The van der Waals surface area contributed by atoms with Crippen LogP contribution in [0.1, 0.15) is 17.7 Å². The highest BCUT2D eigenvalue weighted by atomic mass is 35.5. The van der Waals surface area contributed by atoms with E-state index in [4.69, 9.17) is 16.1 Å². The molecule has 21 heavy (non-hydrogen) atoms. The zero-order chi connectivity index (χ0) is 14.8. The molecule has 0 unspecified atom stereocenters. The summed E-state index contributed by atoms with van der Waals surface area (Å²) in [5.41, 5.74) is 2.72. The maximum atomic E-state index is 12.0. The quantitative estimate of drug-likeness (QED) is 0.816. The lowest BCUT2D eigenvalue weighted by Crippen LogP contribution is -2.35. The van der Waals surface area contributed by atoms with E-state index in [1.54, 1.807) is 6.08 Å². The van der Waals surface area contributed by atoms with Gasteiger partial charge in [0.1, 0.15) is 11.5 Å². The summed E-state index contributed by atoms with van der Waals surface area (Å²) in [6, 6.07) is 7.46. The van der Waals surface area contributed by atoms with Crippen LogP contribution in [0.15, 0.2) is 41.4 Å². The van der Waals surface area contributed by atoms with Gasteiger partial charge < -0.3 is 9.42 Å². The van der Waals surface area contributed by atoms with Crippen LogP contribution in [0.3, 0.4) is 0 Å². The van der Waals surface area contributed by atoms with Crippen LogP contribution in [0.5, 0.6) is 0 Å². The van der Waals surface area contributed by atoms with Crippen LogP contribution in [0, 0.1) is 0 Å². The maximum Gasteiger partial charge on any atom is 0.226 e. The number of amides is 1. The Morgan fingerprint density at radius 3 is 2.90 bits per heavy atom. The van der Waals surface area contributed by atoms with Gasteiger partial charge in [0.25, 0.3) is 0 Å². The standard InChI is InChI=1S/C16H15ClN2O2/c1-2-3-15(20)19-9-8-14-13(10-19)16(18-21-14)11-4-6-12(17)7-5-11/h2,4-7H,1,3,8-10H2. The molecule has 4 nitrogen and oxygen atoms in total. The molecule has 0 fully saturated rings. The summed E-state index contributed by atoms with van der Waals surface area (Å²) in [6.45, 7) is 4.81. The zero-order valence-corrected chi connectivity index (χ0v) is 12.3. The molecule has 0 aliphatic carbocycles. The van der Waals surface area contributed by atoms with Gasteiger partial charge in [-0.1, -0.05) is 35.0 Å². The van der Waals surface area contributed by atoms with Crippen molar-refractivity contribution in [3.05, 3.63) is 53.3 Å². The average molecular weight is 303 g/mol. The molecular weight excluding hydrogens is 288 g/mol. The molecule has 2 aromatic rings. The van der Waals surface area contributed by atoms with Gasteiger partial charge in [-0.2, -0.15) is 0 Å². The minimum atomic E-state index is 0.0823. The summed E-state index contributed by atoms with van der Waals surface area (Å²) in [6.07, 6.45) is 2.68. The summed E-state index contributed by atoms with van der Waals surface area (Å²) in [7, 11) is 0. The molecule has 108 valence electrons. The van der Waals surface area contributed by atoms with E-state index in [0.29, 0.717) is 31.0 Å². The van der Waals surface area contributed by atoms with Crippen molar-refractivity contribution in [3.8, 4) is 11.3 Å². The van der Waals surface area contributed by atoms with Crippen molar-refractivity contribution in [2.24, 2.45) is 0 Å². The topological polar surface area (TPSA) is 46.3 Å². The lowest BCUT2D eigenvalue weighted by atomic mass is 10.0. The fourth-order valence-corrected chi connectivity index (χ4v) is 2.64. The second kappa shape index (κ2) is 5.74. The summed E-state index contributed by atoms with van der Waals surface area (Å²) in [5, 5.41) is 4.84. The number of carbonyl (C=O) groups excluding carboxylic acids is 1. The van der Waals surface area contributed by atoms with Gasteiger partial charge in [0, 0.05) is 35.5 Å². The Labute approximate surface area is 128 Å². The molecule has 0 saturated carbocycles. The lowest BCUT2D eigenvalue weighted by molar-refractivity contribution is -0.131. The first-order valence-corrected chi connectivity index (χ1v) is 7.19. The van der Waals surface area contributed by atoms with E-state index in [-0.39, 0.29) is 5.91 Å². The Kier molecular flexibility index (Phi) is 3.80. The first kappa shape index (κ1) is 13.9. The molecule has 1 aromatic heterocycles. The van der Waals surface area contributed by atoms with Crippen LogP contribution in [0.25, 0.3) is 11.3 Å². The van der Waals surface area contributed by atoms with Gasteiger partial charge >= 0.3 is 0 Å². The predicted molar refractivity (Wildman–Crippen MR) is 80.9 cm³/mol. The number of fused-ring (bicyclic) bond motifs is 1. The molecule has 2 heterocycles. The Bertz CT molecular complexity index is 676. The van der Waals surface area contributed by atoms with E-state index in [2.05, 4.69) is 11.7 Å². The van der Waals surface area contributed by atoms with Crippen LogP contribution in [-0.4, -0.2) is 22.5 Å². The molecule has 0 spiro atoms. The van der Waals surface area contributed by atoms with Gasteiger partial charge in [-0.25, -0.2) is 0 Å². The van der Waals surface area contributed by atoms with E-state index >= 15 is 0 Å². The highest BCUT2D eigenvalue weighted by molar-refractivity contribution is 6.30. The smallest absolute Gasteiger partial charge is 0.226 e. The molecule has 1 aliphatic heterocycles. The first-order valence-electron chi connectivity index (χ1n) is 6.81. The molecule has 0 radical (unpaired) electrons.